The summed E-state index contributed by atoms with van der Waals surface area (Å²) in [5, 5.41) is 2.99. The van der Waals surface area contributed by atoms with Crippen molar-refractivity contribution in [2.24, 2.45) is 0 Å². The SMILES string of the molecule is CC(=O)N(CC(=O)NC(C)c1ccccc1)C1CCCCC1. The number of hydrogen-bond acceptors (Lipinski definition) is 2. The smallest absolute Gasteiger partial charge is 0.240 e. The highest BCUT2D eigenvalue weighted by molar-refractivity contribution is 5.84. The van der Waals surface area contributed by atoms with Crippen molar-refractivity contribution < 1.29 is 9.59 Å². The molecule has 0 saturated heterocycles. The van der Waals surface area contributed by atoms with E-state index in [1.165, 1.54) is 6.42 Å². The minimum atomic E-state index is -0.0860. The minimum absolute atomic E-state index is 0.00517. The van der Waals surface area contributed by atoms with Gasteiger partial charge in [-0.15, -0.1) is 0 Å². The van der Waals surface area contributed by atoms with Crippen molar-refractivity contribution in [3.05, 3.63) is 35.9 Å². The number of rotatable bonds is 5. The van der Waals surface area contributed by atoms with Crippen molar-refractivity contribution in [1.29, 1.82) is 0 Å². The fourth-order valence-electron chi connectivity index (χ4n) is 3.16. The molecular weight excluding hydrogens is 276 g/mol. The van der Waals surface area contributed by atoms with Crippen LogP contribution in [0.4, 0.5) is 0 Å². The van der Waals surface area contributed by atoms with Crippen LogP contribution in [0.3, 0.4) is 0 Å². The number of nitrogens with one attached hydrogen (secondary N) is 1. The molecule has 2 amide bonds. The Labute approximate surface area is 132 Å². The summed E-state index contributed by atoms with van der Waals surface area (Å²) in [5.41, 5.74) is 1.07. The maximum Gasteiger partial charge on any atom is 0.240 e. The molecule has 0 bridgehead atoms. The molecule has 1 unspecified atom stereocenters. The van der Waals surface area contributed by atoms with Crippen LogP contribution in [0, 0.1) is 0 Å². The predicted molar refractivity (Wildman–Crippen MR) is 87.3 cm³/mol. The van der Waals surface area contributed by atoms with E-state index in [9.17, 15) is 9.59 Å². The summed E-state index contributed by atoms with van der Waals surface area (Å²) in [6.45, 7) is 3.69. The summed E-state index contributed by atoms with van der Waals surface area (Å²) >= 11 is 0. The normalized spacial score (nSPS) is 16.8. The Kier molecular flexibility index (Phi) is 5.99. The largest absolute Gasteiger partial charge is 0.348 e. The predicted octanol–water partition coefficient (Wildman–Crippen LogP) is 3.05. The van der Waals surface area contributed by atoms with Gasteiger partial charge in [0.25, 0.3) is 0 Å². The number of carbonyl (C=O) groups is 2. The molecule has 0 heterocycles. The zero-order valence-electron chi connectivity index (χ0n) is 13.5. The van der Waals surface area contributed by atoms with E-state index in [0.29, 0.717) is 0 Å². The summed E-state index contributed by atoms with van der Waals surface area (Å²) in [6.07, 6.45) is 5.56. The van der Waals surface area contributed by atoms with Crippen molar-refractivity contribution >= 4 is 11.8 Å². The summed E-state index contributed by atoms with van der Waals surface area (Å²) < 4.78 is 0. The molecule has 1 fully saturated rings. The Hall–Kier alpha value is -1.84. The summed E-state index contributed by atoms with van der Waals surface area (Å²) in [7, 11) is 0. The molecule has 1 aromatic rings. The molecule has 4 nitrogen and oxygen atoms in total. The zero-order chi connectivity index (χ0) is 15.9. The van der Waals surface area contributed by atoms with Crippen LogP contribution in [-0.2, 0) is 9.59 Å². The fraction of sp³-hybridized carbons (Fsp3) is 0.556. The fourth-order valence-corrected chi connectivity index (χ4v) is 3.16. The van der Waals surface area contributed by atoms with Crippen LogP contribution >= 0.6 is 0 Å². The maximum atomic E-state index is 12.3. The Morgan fingerprint density at radius 1 is 1.18 bits per heavy atom. The topological polar surface area (TPSA) is 49.4 Å². The third-order valence-corrected chi connectivity index (χ3v) is 4.41. The molecule has 0 radical (unpaired) electrons. The van der Waals surface area contributed by atoms with E-state index in [1.807, 2.05) is 37.3 Å². The minimum Gasteiger partial charge on any atom is -0.348 e. The van der Waals surface area contributed by atoms with Crippen molar-refractivity contribution in [2.75, 3.05) is 6.54 Å². The molecule has 1 aromatic carbocycles. The van der Waals surface area contributed by atoms with Gasteiger partial charge < -0.3 is 10.2 Å². The van der Waals surface area contributed by atoms with Gasteiger partial charge in [0.05, 0.1) is 12.6 Å². The monoisotopic (exact) mass is 302 g/mol. The highest BCUT2D eigenvalue weighted by atomic mass is 16.2. The van der Waals surface area contributed by atoms with Gasteiger partial charge in [-0.05, 0) is 25.3 Å². The molecule has 1 aliphatic carbocycles. The highest BCUT2D eigenvalue weighted by Crippen LogP contribution is 2.22. The van der Waals surface area contributed by atoms with E-state index in [1.54, 1.807) is 11.8 Å². The van der Waals surface area contributed by atoms with Gasteiger partial charge >= 0.3 is 0 Å². The molecule has 4 heteroatoms. The van der Waals surface area contributed by atoms with Crippen LogP contribution < -0.4 is 5.32 Å². The van der Waals surface area contributed by atoms with Crippen LogP contribution in [0.5, 0.6) is 0 Å². The Morgan fingerprint density at radius 2 is 1.82 bits per heavy atom. The molecular formula is C18H26N2O2. The quantitative estimate of drug-likeness (QED) is 0.909. The number of nitrogens with zero attached hydrogens (tertiary/aromatic N) is 1. The third-order valence-electron chi connectivity index (χ3n) is 4.41. The molecule has 120 valence electrons. The van der Waals surface area contributed by atoms with Gasteiger partial charge in [-0.3, -0.25) is 9.59 Å². The van der Waals surface area contributed by atoms with Crippen molar-refractivity contribution in [3.63, 3.8) is 0 Å². The Balaban J connectivity index is 1.92. The second-order valence-corrected chi connectivity index (χ2v) is 6.14. The highest BCUT2D eigenvalue weighted by Gasteiger charge is 2.25. The molecule has 1 aliphatic rings. The lowest BCUT2D eigenvalue weighted by molar-refractivity contribution is -0.137. The first-order valence-electron chi connectivity index (χ1n) is 8.19. The van der Waals surface area contributed by atoms with Crippen LogP contribution in [0.15, 0.2) is 30.3 Å². The Morgan fingerprint density at radius 3 is 2.41 bits per heavy atom. The summed E-state index contributed by atoms with van der Waals surface area (Å²) in [4.78, 5) is 25.9. The second kappa shape index (κ2) is 7.97. The van der Waals surface area contributed by atoms with E-state index in [4.69, 9.17) is 0 Å². The standard InChI is InChI=1S/C18H26N2O2/c1-14(16-9-5-3-6-10-16)19-18(22)13-20(15(2)21)17-11-7-4-8-12-17/h3,5-6,9-10,14,17H,4,7-8,11-13H2,1-2H3,(H,19,22). The Bertz CT molecular complexity index is 495. The lowest BCUT2D eigenvalue weighted by atomic mass is 9.94. The van der Waals surface area contributed by atoms with Crippen molar-refractivity contribution in [3.8, 4) is 0 Å². The van der Waals surface area contributed by atoms with Gasteiger partial charge in [0.2, 0.25) is 11.8 Å². The first kappa shape index (κ1) is 16.5. The van der Waals surface area contributed by atoms with Crippen molar-refractivity contribution in [1.82, 2.24) is 10.2 Å². The molecule has 22 heavy (non-hydrogen) atoms. The average Bonchev–Trinajstić information content (AvgIpc) is 2.54. The molecule has 0 aliphatic heterocycles. The summed E-state index contributed by atoms with van der Waals surface area (Å²) in [5.74, 6) is -0.0912. The summed E-state index contributed by atoms with van der Waals surface area (Å²) in [6, 6.07) is 10.0. The average molecular weight is 302 g/mol. The van der Waals surface area contributed by atoms with Gasteiger partial charge in [-0.1, -0.05) is 49.6 Å². The molecule has 2 rings (SSSR count). The number of amides is 2. The van der Waals surface area contributed by atoms with Gasteiger partial charge in [0, 0.05) is 13.0 Å². The first-order valence-corrected chi connectivity index (χ1v) is 8.19. The molecule has 0 spiro atoms. The zero-order valence-corrected chi connectivity index (χ0v) is 13.5. The molecule has 1 N–H and O–H groups in total. The lowest BCUT2D eigenvalue weighted by Gasteiger charge is -2.33. The van der Waals surface area contributed by atoms with Crippen LogP contribution in [0.25, 0.3) is 0 Å². The molecule has 1 atom stereocenters. The molecule has 1 saturated carbocycles. The van der Waals surface area contributed by atoms with E-state index in [0.717, 1.165) is 31.2 Å². The van der Waals surface area contributed by atoms with E-state index in [2.05, 4.69) is 5.32 Å². The number of hydrogen-bond donors (Lipinski definition) is 1. The van der Waals surface area contributed by atoms with E-state index < -0.39 is 0 Å². The van der Waals surface area contributed by atoms with Gasteiger partial charge in [-0.25, -0.2) is 0 Å². The van der Waals surface area contributed by atoms with Crippen molar-refractivity contribution in [2.45, 2.75) is 58.0 Å². The van der Waals surface area contributed by atoms with Gasteiger partial charge in [-0.2, -0.15) is 0 Å². The maximum absolute atomic E-state index is 12.3. The third kappa shape index (κ3) is 4.58. The second-order valence-electron chi connectivity index (χ2n) is 6.14. The number of benzene rings is 1. The number of carbonyl (C=O) groups excluding carboxylic acids is 2. The van der Waals surface area contributed by atoms with E-state index >= 15 is 0 Å². The van der Waals surface area contributed by atoms with Gasteiger partial charge in [0.15, 0.2) is 0 Å². The van der Waals surface area contributed by atoms with E-state index in [-0.39, 0.29) is 30.4 Å². The molecule has 0 aromatic heterocycles. The van der Waals surface area contributed by atoms with Gasteiger partial charge in [0.1, 0.15) is 0 Å². The van der Waals surface area contributed by atoms with Crippen LogP contribution in [0.2, 0.25) is 0 Å². The first-order chi connectivity index (χ1) is 10.6. The van der Waals surface area contributed by atoms with Crippen LogP contribution in [0.1, 0.15) is 57.6 Å². The van der Waals surface area contributed by atoms with Crippen LogP contribution in [-0.4, -0.2) is 29.3 Å². The lowest BCUT2D eigenvalue weighted by Crippen LogP contribution is -2.46.